The molecule has 1 aromatic heterocycles. The largest absolute Gasteiger partial charge is 0.371 e. The highest BCUT2D eigenvalue weighted by Crippen LogP contribution is 2.27. The van der Waals surface area contributed by atoms with E-state index in [9.17, 15) is 0 Å². The van der Waals surface area contributed by atoms with Crippen LogP contribution in [-0.2, 0) is 12.8 Å². The Bertz CT molecular complexity index is 508. The molecule has 2 nitrogen and oxygen atoms in total. The number of aromatic nitrogens is 1. The van der Waals surface area contributed by atoms with Gasteiger partial charge >= 0.3 is 0 Å². The molecule has 2 heterocycles. The van der Waals surface area contributed by atoms with Crippen LogP contribution in [0.25, 0.3) is 0 Å². The zero-order valence-electron chi connectivity index (χ0n) is 10.5. The van der Waals surface area contributed by atoms with Gasteiger partial charge in [-0.05, 0) is 60.7 Å². The van der Waals surface area contributed by atoms with Gasteiger partial charge in [-0.3, -0.25) is 4.98 Å². The average Bonchev–Trinajstić information content (AvgIpc) is 2.84. The summed E-state index contributed by atoms with van der Waals surface area (Å²) < 4.78 is 0. The molecule has 0 saturated carbocycles. The average molecular weight is 237 g/mol. The zero-order valence-corrected chi connectivity index (χ0v) is 10.5. The van der Waals surface area contributed by atoms with Gasteiger partial charge in [-0.15, -0.1) is 0 Å². The van der Waals surface area contributed by atoms with Crippen LogP contribution in [0, 0.1) is 6.07 Å². The molecular weight excluding hydrogens is 220 g/mol. The van der Waals surface area contributed by atoms with Crippen LogP contribution < -0.4 is 4.90 Å². The summed E-state index contributed by atoms with van der Waals surface area (Å²) in [6.07, 6.45) is 7.24. The van der Waals surface area contributed by atoms with E-state index < -0.39 is 0 Å². The number of benzene rings is 1. The molecule has 1 aliphatic rings. The van der Waals surface area contributed by atoms with Crippen LogP contribution in [0.15, 0.2) is 42.7 Å². The van der Waals surface area contributed by atoms with Gasteiger partial charge in [0.25, 0.3) is 0 Å². The number of hydrogen-bond donors (Lipinski definition) is 0. The third-order valence-electron chi connectivity index (χ3n) is 3.56. The fourth-order valence-electron chi connectivity index (χ4n) is 2.60. The van der Waals surface area contributed by atoms with E-state index in [1.54, 1.807) is 0 Å². The van der Waals surface area contributed by atoms with Crippen LogP contribution >= 0.6 is 0 Å². The molecule has 2 aromatic rings. The Hall–Kier alpha value is -1.83. The molecule has 1 aromatic carbocycles. The predicted octanol–water partition coefficient (Wildman–Crippen LogP) is 2.88. The van der Waals surface area contributed by atoms with Gasteiger partial charge in [0.15, 0.2) is 0 Å². The summed E-state index contributed by atoms with van der Waals surface area (Å²) in [5.74, 6) is 0. The quantitative estimate of drug-likeness (QED) is 0.813. The lowest BCUT2D eigenvalue weighted by Crippen LogP contribution is -2.22. The van der Waals surface area contributed by atoms with Crippen LogP contribution in [0.5, 0.6) is 0 Å². The highest BCUT2D eigenvalue weighted by atomic mass is 15.1. The first kappa shape index (κ1) is 11.3. The molecule has 0 atom stereocenters. The Morgan fingerprint density at radius 1 is 1.22 bits per heavy atom. The lowest BCUT2D eigenvalue weighted by molar-refractivity contribution is 0.750. The molecule has 0 bridgehead atoms. The number of fused-ring (bicyclic) bond motifs is 1. The second-order valence-corrected chi connectivity index (χ2v) is 4.75. The molecule has 0 saturated heterocycles. The Morgan fingerprint density at radius 2 is 2.11 bits per heavy atom. The summed E-state index contributed by atoms with van der Waals surface area (Å²) in [5.41, 5.74) is 4.23. The first-order valence-corrected chi connectivity index (χ1v) is 6.56. The predicted molar refractivity (Wildman–Crippen MR) is 73.8 cm³/mol. The normalized spacial score (nSPS) is 13.7. The lowest BCUT2D eigenvalue weighted by atomic mass is 10.1. The van der Waals surface area contributed by atoms with E-state index in [0.29, 0.717) is 0 Å². The fraction of sp³-hybridized carbons (Fsp3) is 0.312. The van der Waals surface area contributed by atoms with Gasteiger partial charge < -0.3 is 4.90 Å². The number of nitrogens with zero attached hydrogens (tertiary/aromatic N) is 2. The summed E-state index contributed by atoms with van der Waals surface area (Å²) in [5, 5.41) is 0. The molecule has 1 radical (unpaired) electrons. The van der Waals surface area contributed by atoms with Crippen LogP contribution in [0.1, 0.15) is 17.5 Å². The van der Waals surface area contributed by atoms with Crippen molar-refractivity contribution in [2.75, 3.05) is 18.0 Å². The Labute approximate surface area is 108 Å². The van der Waals surface area contributed by atoms with Crippen LogP contribution in [0.3, 0.4) is 0 Å². The Kier molecular flexibility index (Phi) is 3.26. The topological polar surface area (TPSA) is 16.1 Å². The summed E-state index contributed by atoms with van der Waals surface area (Å²) in [4.78, 5) is 6.54. The highest BCUT2D eigenvalue weighted by Gasteiger charge is 2.17. The van der Waals surface area contributed by atoms with Crippen molar-refractivity contribution in [1.29, 1.82) is 0 Å². The molecule has 18 heavy (non-hydrogen) atoms. The third kappa shape index (κ3) is 2.37. The van der Waals surface area contributed by atoms with Crippen molar-refractivity contribution in [2.45, 2.75) is 19.3 Å². The highest BCUT2D eigenvalue weighted by molar-refractivity contribution is 5.57. The van der Waals surface area contributed by atoms with Gasteiger partial charge in [0.2, 0.25) is 0 Å². The van der Waals surface area contributed by atoms with Crippen molar-refractivity contribution < 1.29 is 0 Å². The van der Waals surface area contributed by atoms with E-state index in [4.69, 9.17) is 0 Å². The van der Waals surface area contributed by atoms with Crippen molar-refractivity contribution in [1.82, 2.24) is 4.98 Å². The fourth-order valence-corrected chi connectivity index (χ4v) is 2.60. The number of aryl methyl sites for hydroxylation is 1. The molecule has 0 aliphatic carbocycles. The van der Waals surface area contributed by atoms with Crippen molar-refractivity contribution in [3.05, 3.63) is 59.9 Å². The molecule has 3 rings (SSSR count). The van der Waals surface area contributed by atoms with Crippen molar-refractivity contribution in [3.63, 3.8) is 0 Å². The van der Waals surface area contributed by atoms with Gasteiger partial charge in [-0.1, -0.05) is 6.07 Å². The molecular formula is C16H17N2. The summed E-state index contributed by atoms with van der Waals surface area (Å²) in [6.45, 7) is 2.29. The van der Waals surface area contributed by atoms with Crippen molar-refractivity contribution in [2.24, 2.45) is 0 Å². The SMILES string of the molecule is [c]1ccc2c(c1)CCN2CCCc1ccncc1. The number of anilines is 1. The van der Waals surface area contributed by atoms with Gasteiger partial charge in [0.1, 0.15) is 0 Å². The van der Waals surface area contributed by atoms with Crippen molar-refractivity contribution >= 4 is 5.69 Å². The summed E-state index contributed by atoms with van der Waals surface area (Å²) >= 11 is 0. The van der Waals surface area contributed by atoms with E-state index in [-0.39, 0.29) is 0 Å². The van der Waals surface area contributed by atoms with Gasteiger partial charge in [-0.2, -0.15) is 0 Å². The summed E-state index contributed by atoms with van der Waals surface area (Å²) in [7, 11) is 0. The lowest BCUT2D eigenvalue weighted by Gasteiger charge is -2.19. The molecule has 0 amide bonds. The van der Waals surface area contributed by atoms with Gasteiger partial charge in [0.05, 0.1) is 0 Å². The van der Waals surface area contributed by atoms with E-state index in [0.717, 1.165) is 19.5 Å². The van der Waals surface area contributed by atoms with E-state index in [2.05, 4.69) is 40.2 Å². The van der Waals surface area contributed by atoms with E-state index in [1.165, 1.54) is 29.7 Å². The van der Waals surface area contributed by atoms with E-state index in [1.807, 2.05) is 18.5 Å². The first-order chi connectivity index (χ1) is 8.93. The smallest absolute Gasteiger partial charge is 0.0399 e. The second kappa shape index (κ2) is 5.21. The molecule has 0 N–H and O–H groups in total. The summed E-state index contributed by atoms with van der Waals surface area (Å²) in [6, 6.07) is 13.7. The standard InChI is InChI=1S/C16H17N2/c1-2-6-16-15(5-1)9-13-18(16)12-3-4-14-7-10-17-11-8-14/h2,5-8,10-11H,3-4,9,12-13H2. The molecule has 2 heteroatoms. The molecule has 1 aliphatic heterocycles. The van der Waals surface area contributed by atoms with Crippen molar-refractivity contribution in [3.8, 4) is 0 Å². The van der Waals surface area contributed by atoms with E-state index >= 15 is 0 Å². The minimum absolute atomic E-state index is 1.13. The van der Waals surface area contributed by atoms with Crippen LogP contribution in [0.2, 0.25) is 0 Å². The molecule has 0 fully saturated rings. The minimum Gasteiger partial charge on any atom is -0.371 e. The second-order valence-electron chi connectivity index (χ2n) is 4.75. The van der Waals surface area contributed by atoms with Crippen LogP contribution in [0.4, 0.5) is 5.69 Å². The molecule has 91 valence electrons. The van der Waals surface area contributed by atoms with Gasteiger partial charge in [-0.25, -0.2) is 0 Å². The Balaban J connectivity index is 1.56. The number of hydrogen-bond acceptors (Lipinski definition) is 2. The maximum Gasteiger partial charge on any atom is 0.0399 e. The minimum atomic E-state index is 1.13. The zero-order chi connectivity index (χ0) is 12.2. The Morgan fingerprint density at radius 3 is 3.00 bits per heavy atom. The first-order valence-electron chi connectivity index (χ1n) is 6.56. The van der Waals surface area contributed by atoms with Gasteiger partial charge in [0, 0.05) is 31.2 Å². The number of pyridine rings is 1. The molecule has 0 unspecified atom stereocenters. The van der Waals surface area contributed by atoms with Crippen LogP contribution in [-0.4, -0.2) is 18.1 Å². The maximum atomic E-state index is 4.05. The third-order valence-corrected chi connectivity index (χ3v) is 3.56. The number of rotatable bonds is 4. The molecule has 0 spiro atoms. The maximum absolute atomic E-state index is 4.05. The monoisotopic (exact) mass is 237 g/mol.